The van der Waals surface area contributed by atoms with Crippen LogP contribution in [0.4, 0.5) is 0 Å². The zero-order valence-corrected chi connectivity index (χ0v) is 17.5. The van der Waals surface area contributed by atoms with Gasteiger partial charge in [-0.25, -0.2) is 0 Å². The molecule has 1 aromatic carbocycles. The van der Waals surface area contributed by atoms with Gasteiger partial charge in [-0.2, -0.15) is 0 Å². The quantitative estimate of drug-likeness (QED) is 0.769. The second kappa shape index (κ2) is 9.11. The van der Waals surface area contributed by atoms with Crippen LogP contribution in [0.15, 0.2) is 42.6 Å². The molecule has 2 aliphatic heterocycles. The van der Waals surface area contributed by atoms with Crippen LogP contribution in [0.3, 0.4) is 0 Å². The fraction of sp³-hybridized carbons (Fsp3) is 0.455. The summed E-state index contributed by atoms with van der Waals surface area (Å²) in [6.45, 7) is 7.94. The Morgan fingerprint density at radius 3 is 2.76 bits per heavy atom. The summed E-state index contributed by atoms with van der Waals surface area (Å²) in [5.41, 5.74) is 2.11. The maximum Gasteiger partial charge on any atom is 0.236 e. The molecule has 0 spiro atoms. The van der Waals surface area contributed by atoms with Crippen molar-refractivity contribution >= 4 is 17.5 Å². The average Bonchev–Trinajstić information content (AvgIpc) is 2.86. The smallest absolute Gasteiger partial charge is 0.236 e. The summed E-state index contributed by atoms with van der Waals surface area (Å²) in [5.74, 6) is 1.04. The van der Waals surface area contributed by atoms with Gasteiger partial charge >= 0.3 is 0 Å². The van der Waals surface area contributed by atoms with Gasteiger partial charge in [0.25, 0.3) is 0 Å². The van der Waals surface area contributed by atoms with E-state index in [1.165, 1.54) is 0 Å². The third kappa shape index (κ3) is 5.26. The lowest BCUT2D eigenvalue weighted by molar-refractivity contribution is -0.134. The van der Waals surface area contributed by atoms with E-state index in [0.29, 0.717) is 18.1 Å². The molecule has 1 amide bonds. The Kier molecular flexibility index (Phi) is 6.33. The minimum atomic E-state index is 0.0282. The molecule has 154 valence electrons. The van der Waals surface area contributed by atoms with Gasteiger partial charge in [-0.3, -0.25) is 19.6 Å². The number of hydrogen-bond acceptors (Lipinski definition) is 5. The zero-order chi connectivity index (χ0) is 20.2. The van der Waals surface area contributed by atoms with Crippen molar-refractivity contribution in [3.05, 3.63) is 58.9 Å². The van der Waals surface area contributed by atoms with Crippen molar-refractivity contribution in [2.24, 2.45) is 0 Å². The third-order valence-corrected chi connectivity index (χ3v) is 5.69. The Balaban J connectivity index is 1.31. The fourth-order valence-electron chi connectivity index (χ4n) is 4.00. The summed E-state index contributed by atoms with van der Waals surface area (Å²) in [5, 5.41) is 0.692. The molecule has 6 nitrogen and oxygen atoms in total. The Morgan fingerprint density at radius 2 is 2.00 bits per heavy atom. The van der Waals surface area contributed by atoms with E-state index in [1.807, 2.05) is 54.4 Å². The molecule has 2 aliphatic rings. The van der Waals surface area contributed by atoms with E-state index in [0.717, 1.165) is 56.3 Å². The number of carbonyl (C=O) groups is 1. The second-order valence-corrected chi connectivity index (χ2v) is 8.26. The highest BCUT2D eigenvalue weighted by Gasteiger charge is 2.26. The predicted octanol–water partition coefficient (Wildman–Crippen LogP) is 2.66. The molecular weight excluding hydrogens is 388 g/mol. The Bertz CT molecular complexity index is 840. The summed E-state index contributed by atoms with van der Waals surface area (Å²) in [7, 11) is 0. The minimum Gasteiger partial charge on any atom is -0.489 e. The molecule has 4 rings (SSSR count). The number of fused-ring (bicyclic) bond motifs is 1. The molecule has 7 heteroatoms. The fourth-order valence-corrected chi connectivity index (χ4v) is 4.19. The summed E-state index contributed by atoms with van der Waals surface area (Å²) in [4.78, 5) is 23.8. The monoisotopic (exact) mass is 414 g/mol. The number of carbonyl (C=O) groups excluding carboxylic acids is 1. The van der Waals surface area contributed by atoms with Crippen molar-refractivity contribution in [1.82, 2.24) is 19.7 Å². The van der Waals surface area contributed by atoms with Crippen LogP contribution in [0.25, 0.3) is 0 Å². The summed E-state index contributed by atoms with van der Waals surface area (Å²) >= 11 is 6.15. The van der Waals surface area contributed by atoms with Gasteiger partial charge < -0.3 is 9.64 Å². The van der Waals surface area contributed by atoms with Gasteiger partial charge in [0, 0.05) is 62.6 Å². The van der Waals surface area contributed by atoms with Crippen LogP contribution in [0, 0.1) is 0 Å². The van der Waals surface area contributed by atoms with Gasteiger partial charge in [-0.15, -0.1) is 0 Å². The SMILES string of the molecule is C[C@@H]1CN(CC(=O)N2CCN(Cc3ccccn3)CC2)Cc2cc(Cl)ccc2O1. The number of rotatable bonds is 4. The van der Waals surface area contributed by atoms with Crippen molar-refractivity contribution in [2.75, 3.05) is 39.3 Å². The molecule has 29 heavy (non-hydrogen) atoms. The summed E-state index contributed by atoms with van der Waals surface area (Å²) in [6.07, 6.45) is 1.85. The highest BCUT2D eigenvalue weighted by molar-refractivity contribution is 6.30. The first-order chi connectivity index (χ1) is 14.1. The molecule has 0 saturated carbocycles. The van der Waals surface area contributed by atoms with Crippen molar-refractivity contribution in [1.29, 1.82) is 0 Å². The number of amides is 1. The van der Waals surface area contributed by atoms with Gasteiger partial charge in [-0.05, 0) is 37.3 Å². The molecule has 0 unspecified atom stereocenters. The number of nitrogens with zero attached hydrogens (tertiary/aromatic N) is 4. The first-order valence-corrected chi connectivity index (χ1v) is 10.5. The second-order valence-electron chi connectivity index (χ2n) is 7.83. The topological polar surface area (TPSA) is 48.9 Å². The molecule has 0 bridgehead atoms. The van der Waals surface area contributed by atoms with E-state index in [2.05, 4.69) is 14.8 Å². The molecule has 0 N–H and O–H groups in total. The van der Waals surface area contributed by atoms with Crippen molar-refractivity contribution in [3.63, 3.8) is 0 Å². The number of aromatic nitrogens is 1. The van der Waals surface area contributed by atoms with Crippen LogP contribution in [-0.4, -0.2) is 71.0 Å². The molecule has 0 aliphatic carbocycles. The maximum absolute atomic E-state index is 12.9. The highest BCUT2D eigenvalue weighted by atomic mass is 35.5. The lowest BCUT2D eigenvalue weighted by atomic mass is 10.2. The lowest BCUT2D eigenvalue weighted by Gasteiger charge is -2.35. The minimum absolute atomic E-state index is 0.0282. The van der Waals surface area contributed by atoms with Crippen LogP contribution < -0.4 is 4.74 Å². The van der Waals surface area contributed by atoms with Crippen molar-refractivity contribution < 1.29 is 9.53 Å². The van der Waals surface area contributed by atoms with Crippen LogP contribution in [0.5, 0.6) is 5.75 Å². The first-order valence-electron chi connectivity index (χ1n) is 10.1. The molecule has 0 radical (unpaired) electrons. The van der Waals surface area contributed by atoms with Crippen molar-refractivity contribution in [2.45, 2.75) is 26.1 Å². The molecule has 2 aromatic rings. The molecule has 3 heterocycles. The van der Waals surface area contributed by atoms with E-state index >= 15 is 0 Å². The average molecular weight is 415 g/mol. The van der Waals surface area contributed by atoms with Gasteiger partial charge in [0.15, 0.2) is 0 Å². The third-order valence-electron chi connectivity index (χ3n) is 5.46. The molecule has 1 atom stereocenters. The molecule has 1 aromatic heterocycles. The number of piperazine rings is 1. The number of hydrogen-bond donors (Lipinski definition) is 0. The number of halogens is 1. The Labute approximate surface area is 177 Å². The number of benzene rings is 1. The lowest BCUT2D eigenvalue weighted by Crippen LogP contribution is -2.51. The molecular formula is C22H27ClN4O2. The van der Waals surface area contributed by atoms with E-state index in [9.17, 15) is 4.79 Å². The normalized spacial score (nSPS) is 20.6. The van der Waals surface area contributed by atoms with E-state index in [4.69, 9.17) is 16.3 Å². The van der Waals surface area contributed by atoms with Gasteiger partial charge in [0.2, 0.25) is 5.91 Å². The first kappa shape index (κ1) is 20.1. The maximum atomic E-state index is 12.9. The molecule has 1 saturated heterocycles. The summed E-state index contributed by atoms with van der Waals surface area (Å²) < 4.78 is 6.00. The highest BCUT2D eigenvalue weighted by Crippen LogP contribution is 2.28. The van der Waals surface area contributed by atoms with E-state index < -0.39 is 0 Å². The van der Waals surface area contributed by atoms with Crippen LogP contribution in [0.2, 0.25) is 5.02 Å². The Morgan fingerprint density at radius 1 is 1.17 bits per heavy atom. The van der Waals surface area contributed by atoms with Gasteiger partial charge in [-0.1, -0.05) is 17.7 Å². The summed E-state index contributed by atoms with van der Waals surface area (Å²) in [6, 6.07) is 11.7. The van der Waals surface area contributed by atoms with Gasteiger partial charge in [0.1, 0.15) is 11.9 Å². The number of ether oxygens (including phenoxy) is 1. The van der Waals surface area contributed by atoms with Crippen LogP contribution in [0.1, 0.15) is 18.2 Å². The van der Waals surface area contributed by atoms with Crippen molar-refractivity contribution in [3.8, 4) is 5.75 Å². The largest absolute Gasteiger partial charge is 0.489 e. The number of pyridine rings is 1. The predicted molar refractivity (Wildman–Crippen MR) is 113 cm³/mol. The standard InChI is InChI=1S/C22H27ClN4O2/c1-17-13-26(14-18-12-19(23)5-6-21(18)29-17)16-22(28)27-10-8-25(9-11-27)15-20-4-2-3-7-24-20/h2-7,12,17H,8-11,13-16H2,1H3/t17-/m1/s1. The Hall–Kier alpha value is -2.15. The zero-order valence-electron chi connectivity index (χ0n) is 16.8. The molecule has 1 fully saturated rings. The van der Waals surface area contributed by atoms with Crippen LogP contribution >= 0.6 is 11.6 Å². The van der Waals surface area contributed by atoms with E-state index in [-0.39, 0.29) is 12.0 Å². The van der Waals surface area contributed by atoms with Crippen LogP contribution in [-0.2, 0) is 17.9 Å². The van der Waals surface area contributed by atoms with E-state index in [1.54, 1.807) is 0 Å². The van der Waals surface area contributed by atoms with Gasteiger partial charge in [0.05, 0.1) is 12.2 Å².